The van der Waals surface area contributed by atoms with Gasteiger partial charge in [0, 0.05) is 5.56 Å². The Morgan fingerprint density at radius 1 is 0.897 bits per heavy atom. The highest BCUT2D eigenvalue weighted by molar-refractivity contribution is 5.91. The Balaban J connectivity index is 1.52. The normalized spacial score (nSPS) is 10.4. The van der Waals surface area contributed by atoms with E-state index in [0.29, 0.717) is 17.1 Å². The molecule has 3 rings (SSSR count). The zero-order chi connectivity index (χ0) is 20.6. The number of nitrogens with one attached hydrogen (secondary N) is 1. The minimum absolute atomic E-state index is 0.0262. The maximum Gasteiger partial charge on any atom is 0.325 e. The molecule has 0 bridgehead atoms. The molecule has 29 heavy (non-hydrogen) atoms. The maximum absolute atomic E-state index is 12.3. The van der Waals surface area contributed by atoms with E-state index in [4.69, 9.17) is 14.2 Å². The fourth-order valence-electron chi connectivity index (χ4n) is 3.06. The molecule has 0 spiro atoms. The molecule has 0 fully saturated rings. The molecule has 0 heterocycles. The van der Waals surface area contributed by atoms with Gasteiger partial charge in [-0.2, -0.15) is 0 Å². The summed E-state index contributed by atoms with van der Waals surface area (Å²) in [5, 5.41) is 4.71. The van der Waals surface area contributed by atoms with Gasteiger partial charge >= 0.3 is 5.97 Å². The first-order valence-electron chi connectivity index (χ1n) is 9.20. The molecule has 3 aromatic carbocycles. The Bertz CT molecular complexity index is 1010. The number of rotatable bonds is 8. The zero-order valence-electron chi connectivity index (χ0n) is 16.4. The average Bonchev–Trinajstić information content (AvgIpc) is 2.76. The molecule has 0 aliphatic carbocycles. The van der Waals surface area contributed by atoms with Crippen molar-refractivity contribution in [3.8, 4) is 11.5 Å². The number of fused-ring (bicyclic) bond motifs is 1. The van der Waals surface area contributed by atoms with Crippen molar-refractivity contribution in [3.63, 3.8) is 0 Å². The molecule has 0 radical (unpaired) electrons. The summed E-state index contributed by atoms with van der Waals surface area (Å²) in [6, 6.07) is 19.0. The summed E-state index contributed by atoms with van der Waals surface area (Å²) in [4.78, 5) is 24.3. The summed E-state index contributed by atoms with van der Waals surface area (Å²) in [6.07, 6.45) is 0.193. The van der Waals surface area contributed by atoms with E-state index in [9.17, 15) is 9.59 Å². The molecular formula is C23H23NO5. The highest BCUT2D eigenvalue weighted by atomic mass is 16.5. The van der Waals surface area contributed by atoms with E-state index < -0.39 is 5.97 Å². The van der Waals surface area contributed by atoms with Crippen LogP contribution in [0.1, 0.15) is 11.1 Å². The van der Waals surface area contributed by atoms with E-state index in [2.05, 4.69) is 5.32 Å². The number of ether oxygens (including phenoxy) is 3. The quantitative estimate of drug-likeness (QED) is 0.595. The minimum atomic E-state index is -0.527. The van der Waals surface area contributed by atoms with Crippen LogP contribution in [-0.4, -0.2) is 32.6 Å². The molecule has 6 nitrogen and oxygen atoms in total. The summed E-state index contributed by atoms with van der Waals surface area (Å²) >= 11 is 0. The number of carbonyl (C=O) groups excluding carboxylic acids is 2. The van der Waals surface area contributed by atoms with Crippen molar-refractivity contribution in [2.75, 3.05) is 20.8 Å². The first-order valence-corrected chi connectivity index (χ1v) is 9.20. The summed E-state index contributed by atoms with van der Waals surface area (Å²) in [5.74, 6) is 0.470. The van der Waals surface area contributed by atoms with Crippen molar-refractivity contribution in [1.82, 2.24) is 5.32 Å². The van der Waals surface area contributed by atoms with E-state index in [-0.39, 0.29) is 25.5 Å². The van der Waals surface area contributed by atoms with Crippen molar-refractivity contribution in [1.29, 1.82) is 0 Å². The molecule has 0 aliphatic rings. The lowest BCUT2D eigenvalue weighted by atomic mass is 10.0. The lowest BCUT2D eigenvalue weighted by Crippen LogP contribution is -2.31. The van der Waals surface area contributed by atoms with Crippen LogP contribution in [0.3, 0.4) is 0 Å². The molecule has 150 valence electrons. The third kappa shape index (κ3) is 5.25. The lowest BCUT2D eigenvalue weighted by molar-refractivity contribution is -0.145. The third-order valence-corrected chi connectivity index (χ3v) is 4.54. The molecule has 0 saturated heterocycles. The highest BCUT2D eigenvalue weighted by Gasteiger charge is 2.12. The molecule has 0 unspecified atom stereocenters. The number of methoxy groups -OCH3 is 2. The van der Waals surface area contributed by atoms with Crippen LogP contribution in [0.15, 0.2) is 60.7 Å². The standard InChI is InChI=1S/C23H23NO5/c1-27-19-10-11-21(28-2)18(12-19)15-29-23(26)14-24-22(25)13-17-8-5-7-16-6-3-4-9-20(16)17/h3-12H,13-15H2,1-2H3,(H,24,25). The SMILES string of the molecule is COc1ccc(OC)c(COC(=O)CNC(=O)Cc2cccc3ccccc23)c1. The maximum atomic E-state index is 12.3. The number of amides is 1. The number of benzene rings is 3. The molecular weight excluding hydrogens is 370 g/mol. The van der Waals surface area contributed by atoms with Gasteiger partial charge in [0.2, 0.25) is 5.91 Å². The predicted molar refractivity (Wildman–Crippen MR) is 110 cm³/mol. The van der Waals surface area contributed by atoms with E-state index in [1.165, 1.54) is 0 Å². The number of esters is 1. The van der Waals surface area contributed by atoms with Gasteiger partial charge in [-0.3, -0.25) is 9.59 Å². The van der Waals surface area contributed by atoms with Crippen molar-refractivity contribution >= 4 is 22.6 Å². The van der Waals surface area contributed by atoms with Crippen molar-refractivity contribution in [3.05, 3.63) is 71.8 Å². The van der Waals surface area contributed by atoms with Crippen LogP contribution >= 0.6 is 0 Å². The largest absolute Gasteiger partial charge is 0.497 e. The van der Waals surface area contributed by atoms with E-state index in [0.717, 1.165) is 16.3 Å². The molecule has 3 aromatic rings. The second kappa shape index (κ2) is 9.59. The molecule has 0 saturated carbocycles. The smallest absolute Gasteiger partial charge is 0.325 e. The van der Waals surface area contributed by atoms with E-state index in [1.54, 1.807) is 32.4 Å². The minimum Gasteiger partial charge on any atom is -0.497 e. The summed E-state index contributed by atoms with van der Waals surface area (Å²) in [7, 11) is 3.10. The van der Waals surface area contributed by atoms with Gasteiger partial charge in [0.05, 0.1) is 20.6 Å². The molecule has 0 aromatic heterocycles. The number of carbonyl (C=O) groups is 2. The lowest BCUT2D eigenvalue weighted by Gasteiger charge is -2.11. The van der Waals surface area contributed by atoms with E-state index in [1.807, 2.05) is 42.5 Å². The Hall–Kier alpha value is -3.54. The average molecular weight is 393 g/mol. The summed E-state index contributed by atoms with van der Waals surface area (Å²) < 4.78 is 15.7. The predicted octanol–water partition coefficient (Wildman–Crippen LogP) is 3.26. The van der Waals surface area contributed by atoms with Crippen LogP contribution in [-0.2, 0) is 27.4 Å². The van der Waals surface area contributed by atoms with Gasteiger partial charge < -0.3 is 19.5 Å². The fraction of sp³-hybridized carbons (Fsp3) is 0.217. The molecule has 6 heteroatoms. The first kappa shape index (κ1) is 20.2. The van der Waals surface area contributed by atoms with Gasteiger partial charge in [-0.05, 0) is 34.5 Å². The van der Waals surface area contributed by atoms with Gasteiger partial charge in [0.25, 0.3) is 0 Å². The Morgan fingerprint density at radius 2 is 1.69 bits per heavy atom. The fourth-order valence-corrected chi connectivity index (χ4v) is 3.06. The second-order valence-corrected chi connectivity index (χ2v) is 6.43. The van der Waals surface area contributed by atoms with Crippen LogP contribution < -0.4 is 14.8 Å². The monoisotopic (exact) mass is 393 g/mol. The van der Waals surface area contributed by atoms with Gasteiger partial charge in [0.1, 0.15) is 24.7 Å². The molecule has 0 atom stereocenters. The van der Waals surface area contributed by atoms with Crippen LogP contribution in [0.4, 0.5) is 0 Å². The molecule has 0 aliphatic heterocycles. The Labute approximate surface area is 169 Å². The Kier molecular flexibility index (Phi) is 6.68. The number of hydrogen-bond donors (Lipinski definition) is 1. The van der Waals surface area contributed by atoms with Crippen molar-refractivity contribution in [2.24, 2.45) is 0 Å². The third-order valence-electron chi connectivity index (χ3n) is 4.54. The summed E-state index contributed by atoms with van der Waals surface area (Å²) in [5.41, 5.74) is 1.59. The summed E-state index contributed by atoms with van der Waals surface area (Å²) in [6.45, 7) is -0.172. The van der Waals surface area contributed by atoms with Crippen LogP contribution in [0.5, 0.6) is 11.5 Å². The Morgan fingerprint density at radius 3 is 2.48 bits per heavy atom. The van der Waals surface area contributed by atoms with Crippen LogP contribution in [0.25, 0.3) is 10.8 Å². The van der Waals surface area contributed by atoms with Gasteiger partial charge in [-0.15, -0.1) is 0 Å². The van der Waals surface area contributed by atoms with Gasteiger partial charge in [-0.1, -0.05) is 42.5 Å². The highest BCUT2D eigenvalue weighted by Crippen LogP contribution is 2.24. The zero-order valence-corrected chi connectivity index (χ0v) is 16.4. The van der Waals surface area contributed by atoms with Crippen LogP contribution in [0, 0.1) is 0 Å². The first-order chi connectivity index (χ1) is 14.1. The van der Waals surface area contributed by atoms with Gasteiger partial charge in [0.15, 0.2) is 0 Å². The van der Waals surface area contributed by atoms with Crippen LogP contribution in [0.2, 0.25) is 0 Å². The molecule has 1 amide bonds. The number of hydrogen-bond acceptors (Lipinski definition) is 5. The van der Waals surface area contributed by atoms with Crippen molar-refractivity contribution < 1.29 is 23.8 Å². The van der Waals surface area contributed by atoms with E-state index >= 15 is 0 Å². The van der Waals surface area contributed by atoms with Crippen molar-refractivity contribution in [2.45, 2.75) is 13.0 Å². The molecule has 1 N–H and O–H groups in total. The van der Waals surface area contributed by atoms with Gasteiger partial charge in [-0.25, -0.2) is 0 Å². The second-order valence-electron chi connectivity index (χ2n) is 6.43. The topological polar surface area (TPSA) is 73.9 Å².